The van der Waals surface area contributed by atoms with Crippen molar-refractivity contribution in [3.8, 4) is 0 Å². The summed E-state index contributed by atoms with van der Waals surface area (Å²) >= 11 is 0. The van der Waals surface area contributed by atoms with Crippen LogP contribution in [-0.2, 0) is 4.79 Å². The van der Waals surface area contributed by atoms with E-state index in [9.17, 15) is 9.90 Å². The van der Waals surface area contributed by atoms with Gasteiger partial charge in [-0.05, 0) is 26.7 Å². The highest BCUT2D eigenvalue weighted by atomic mass is 16.4. The summed E-state index contributed by atoms with van der Waals surface area (Å²) in [5, 5.41) is 17.3. The van der Waals surface area contributed by atoms with E-state index < -0.39 is 5.97 Å². The standard InChI is InChI=1S/C12H17N3O2/c1-8(2)15-7-13-14-11(15)9-5-3-4-6-10(9)12(16)17/h3-4,7-10H,5-6H2,1-2H3,(H,16,17). The average molecular weight is 235 g/mol. The van der Waals surface area contributed by atoms with Gasteiger partial charge in [0, 0.05) is 12.0 Å². The molecule has 0 bridgehead atoms. The van der Waals surface area contributed by atoms with E-state index in [4.69, 9.17) is 0 Å². The van der Waals surface area contributed by atoms with E-state index in [1.165, 1.54) is 0 Å². The van der Waals surface area contributed by atoms with Gasteiger partial charge in [-0.15, -0.1) is 10.2 Å². The Morgan fingerprint density at radius 1 is 1.47 bits per heavy atom. The maximum Gasteiger partial charge on any atom is 0.307 e. The summed E-state index contributed by atoms with van der Waals surface area (Å²) in [5.41, 5.74) is 0. The molecule has 0 amide bonds. The van der Waals surface area contributed by atoms with E-state index in [1.807, 2.05) is 30.6 Å². The van der Waals surface area contributed by atoms with E-state index >= 15 is 0 Å². The highest BCUT2D eigenvalue weighted by Gasteiger charge is 2.33. The number of carboxylic acids is 1. The van der Waals surface area contributed by atoms with Crippen LogP contribution in [0.5, 0.6) is 0 Å². The number of carbonyl (C=O) groups is 1. The van der Waals surface area contributed by atoms with Gasteiger partial charge in [-0.1, -0.05) is 12.2 Å². The molecule has 1 aromatic rings. The Morgan fingerprint density at radius 3 is 2.82 bits per heavy atom. The van der Waals surface area contributed by atoms with E-state index in [1.54, 1.807) is 6.33 Å². The molecule has 5 heteroatoms. The average Bonchev–Trinajstić information content (AvgIpc) is 2.77. The van der Waals surface area contributed by atoms with Gasteiger partial charge in [0.1, 0.15) is 12.2 Å². The molecule has 1 aliphatic carbocycles. The minimum Gasteiger partial charge on any atom is -0.481 e. The second-order valence-corrected chi connectivity index (χ2v) is 4.68. The number of rotatable bonds is 3. The van der Waals surface area contributed by atoms with Crippen LogP contribution in [0.25, 0.3) is 0 Å². The number of aromatic nitrogens is 3. The Hall–Kier alpha value is -1.65. The van der Waals surface area contributed by atoms with Crippen LogP contribution in [0.3, 0.4) is 0 Å². The van der Waals surface area contributed by atoms with Crippen LogP contribution in [0.1, 0.15) is 44.5 Å². The molecular formula is C12H17N3O2. The van der Waals surface area contributed by atoms with Crippen molar-refractivity contribution < 1.29 is 9.90 Å². The van der Waals surface area contributed by atoms with Crippen molar-refractivity contribution in [3.63, 3.8) is 0 Å². The lowest BCUT2D eigenvalue weighted by molar-refractivity contribution is -0.142. The van der Waals surface area contributed by atoms with Crippen LogP contribution in [-0.4, -0.2) is 25.8 Å². The monoisotopic (exact) mass is 235 g/mol. The van der Waals surface area contributed by atoms with Gasteiger partial charge in [-0.3, -0.25) is 4.79 Å². The molecule has 1 heterocycles. The topological polar surface area (TPSA) is 68.0 Å². The summed E-state index contributed by atoms with van der Waals surface area (Å²) in [6, 6.07) is 0.250. The Morgan fingerprint density at radius 2 is 2.18 bits per heavy atom. The summed E-state index contributed by atoms with van der Waals surface area (Å²) in [6.07, 6.45) is 6.94. The number of allylic oxidation sites excluding steroid dienone is 2. The minimum atomic E-state index is -0.752. The molecule has 2 atom stereocenters. The molecule has 0 saturated heterocycles. The van der Waals surface area contributed by atoms with Crippen molar-refractivity contribution in [3.05, 3.63) is 24.3 Å². The van der Waals surface area contributed by atoms with E-state index in [0.717, 1.165) is 12.2 Å². The Labute approximate surface area is 100 Å². The molecule has 1 N–H and O–H groups in total. The van der Waals surface area contributed by atoms with Gasteiger partial charge in [0.15, 0.2) is 0 Å². The predicted octanol–water partition coefficient (Wildman–Crippen LogP) is 1.99. The lowest BCUT2D eigenvalue weighted by atomic mass is 9.82. The quantitative estimate of drug-likeness (QED) is 0.813. The maximum absolute atomic E-state index is 11.2. The normalized spacial score (nSPS) is 24.2. The summed E-state index contributed by atoms with van der Waals surface area (Å²) in [4.78, 5) is 11.2. The van der Waals surface area contributed by atoms with E-state index in [-0.39, 0.29) is 17.9 Å². The number of hydrogen-bond acceptors (Lipinski definition) is 3. The Kier molecular flexibility index (Phi) is 3.26. The first-order valence-electron chi connectivity index (χ1n) is 5.88. The first-order valence-corrected chi connectivity index (χ1v) is 5.88. The Bertz CT molecular complexity index is 437. The van der Waals surface area contributed by atoms with Crippen molar-refractivity contribution in [2.75, 3.05) is 0 Å². The molecule has 0 spiro atoms. The SMILES string of the molecule is CC(C)n1cnnc1C1CC=CCC1C(=O)O. The van der Waals surface area contributed by atoms with Gasteiger partial charge in [0.05, 0.1) is 5.92 Å². The number of carboxylic acid groups (broad SMARTS) is 1. The summed E-state index contributed by atoms with van der Waals surface area (Å²) in [5.74, 6) is -0.418. The molecule has 2 rings (SSSR count). The van der Waals surface area contributed by atoms with Gasteiger partial charge in [-0.25, -0.2) is 0 Å². The third-order valence-electron chi connectivity index (χ3n) is 3.24. The minimum absolute atomic E-state index is 0.0672. The highest BCUT2D eigenvalue weighted by molar-refractivity contribution is 5.71. The van der Waals surface area contributed by atoms with Gasteiger partial charge < -0.3 is 9.67 Å². The molecule has 1 aromatic heterocycles. The summed E-state index contributed by atoms with van der Waals surface area (Å²) in [6.45, 7) is 4.09. The maximum atomic E-state index is 11.2. The fourth-order valence-electron chi connectivity index (χ4n) is 2.29. The zero-order valence-corrected chi connectivity index (χ0v) is 10.1. The third-order valence-corrected chi connectivity index (χ3v) is 3.24. The van der Waals surface area contributed by atoms with E-state index in [2.05, 4.69) is 10.2 Å². The third kappa shape index (κ3) is 2.23. The predicted molar refractivity (Wildman–Crippen MR) is 62.6 cm³/mol. The van der Waals surface area contributed by atoms with Gasteiger partial charge >= 0.3 is 5.97 Å². The van der Waals surface area contributed by atoms with Gasteiger partial charge in [0.25, 0.3) is 0 Å². The second-order valence-electron chi connectivity index (χ2n) is 4.68. The van der Waals surface area contributed by atoms with Crippen LogP contribution in [0.4, 0.5) is 0 Å². The highest BCUT2D eigenvalue weighted by Crippen LogP contribution is 2.34. The molecule has 5 nitrogen and oxygen atoms in total. The zero-order chi connectivity index (χ0) is 12.4. The molecular weight excluding hydrogens is 218 g/mol. The Balaban J connectivity index is 2.34. The fourth-order valence-corrected chi connectivity index (χ4v) is 2.29. The molecule has 0 fully saturated rings. The largest absolute Gasteiger partial charge is 0.481 e. The van der Waals surface area contributed by atoms with Crippen LogP contribution in [0, 0.1) is 5.92 Å². The van der Waals surface area contributed by atoms with Crippen molar-refractivity contribution >= 4 is 5.97 Å². The summed E-state index contributed by atoms with van der Waals surface area (Å²) < 4.78 is 1.96. The van der Waals surface area contributed by atoms with Gasteiger partial charge in [-0.2, -0.15) is 0 Å². The number of hydrogen-bond donors (Lipinski definition) is 1. The summed E-state index contributed by atoms with van der Waals surface area (Å²) in [7, 11) is 0. The fraction of sp³-hybridized carbons (Fsp3) is 0.583. The molecule has 0 saturated carbocycles. The van der Waals surface area contributed by atoms with Crippen molar-refractivity contribution in [1.29, 1.82) is 0 Å². The van der Waals surface area contributed by atoms with Crippen molar-refractivity contribution in [1.82, 2.24) is 14.8 Å². The molecule has 0 radical (unpaired) electrons. The first-order chi connectivity index (χ1) is 8.11. The first kappa shape index (κ1) is 11.8. The lowest BCUT2D eigenvalue weighted by Crippen LogP contribution is -2.26. The van der Waals surface area contributed by atoms with Crippen LogP contribution >= 0.6 is 0 Å². The van der Waals surface area contributed by atoms with Crippen LogP contribution < -0.4 is 0 Å². The molecule has 17 heavy (non-hydrogen) atoms. The molecule has 92 valence electrons. The zero-order valence-electron chi connectivity index (χ0n) is 10.1. The number of aliphatic carboxylic acids is 1. The van der Waals surface area contributed by atoms with Crippen LogP contribution in [0.2, 0.25) is 0 Å². The molecule has 0 aliphatic heterocycles. The second kappa shape index (κ2) is 4.69. The van der Waals surface area contributed by atoms with Crippen molar-refractivity contribution in [2.24, 2.45) is 5.92 Å². The van der Waals surface area contributed by atoms with E-state index in [0.29, 0.717) is 6.42 Å². The van der Waals surface area contributed by atoms with Crippen molar-refractivity contribution in [2.45, 2.75) is 38.6 Å². The van der Waals surface area contributed by atoms with Crippen LogP contribution in [0.15, 0.2) is 18.5 Å². The smallest absolute Gasteiger partial charge is 0.307 e. The molecule has 1 aliphatic rings. The lowest BCUT2D eigenvalue weighted by Gasteiger charge is -2.25. The molecule has 0 aromatic carbocycles. The molecule has 2 unspecified atom stereocenters. The van der Waals surface area contributed by atoms with Gasteiger partial charge in [0.2, 0.25) is 0 Å². The number of nitrogens with zero attached hydrogens (tertiary/aromatic N) is 3.